The van der Waals surface area contributed by atoms with E-state index >= 15 is 0 Å². The number of hydrogen-bond acceptors (Lipinski definition) is 4. The average Bonchev–Trinajstić information content (AvgIpc) is 2.40. The minimum Gasteiger partial charge on any atom is -0.490 e. The van der Waals surface area contributed by atoms with Gasteiger partial charge in [-0.05, 0) is 18.2 Å². The van der Waals surface area contributed by atoms with E-state index in [0.29, 0.717) is 12.3 Å². The highest BCUT2D eigenvalue weighted by atomic mass is 35.5. The number of halogens is 1. The van der Waals surface area contributed by atoms with Gasteiger partial charge in [-0.1, -0.05) is 0 Å². The fraction of sp³-hybridized carbons (Fsp3) is 0.333. The molecular formula is C12H14ClNO5. The minimum absolute atomic E-state index is 0.0384. The first-order valence-electron chi connectivity index (χ1n) is 5.43. The van der Waals surface area contributed by atoms with E-state index < -0.39 is 11.9 Å². The number of benzene rings is 1. The number of amides is 1. The minimum atomic E-state index is -1.14. The maximum absolute atomic E-state index is 11.1. The molecule has 0 saturated carbocycles. The molecule has 0 aromatic heterocycles. The Kier molecular flexibility index (Phi) is 6.11. The first-order valence-corrected chi connectivity index (χ1v) is 5.96. The quantitative estimate of drug-likeness (QED) is 0.587. The molecule has 0 bridgehead atoms. The van der Waals surface area contributed by atoms with Gasteiger partial charge in [-0.3, -0.25) is 4.79 Å². The summed E-state index contributed by atoms with van der Waals surface area (Å²) in [7, 11) is 1.52. The van der Waals surface area contributed by atoms with E-state index in [1.807, 2.05) is 0 Å². The molecule has 1 aromatic rings. The van der Waals surface area contributed by atoms with Crippen molar-refractivity contribution >= 4 is 29.2 Å². The third-order valence-corrected chi connectivity index (χ3v) is 2.40. The maximum Gasteiger partial charge on any atom is 0.339 e. The first kappa shape index (κ1) is 15.3. The van der Waals surface area contributed by atoms with Crippen LogP contribution in [0.3, 0.4) is 0 Å². The molecule has 0 aliphatic heterocycles. The van der Waals surface area contributed by atoms with Crippen LogP contribution in [-0.4, -0.2) is 43.2 Å². The fourth-order valence-electron chi connectivity index (χ4n) is 1.33. The zero-order valence-electron chi connectivity index (χ0n) is 10.3. The van der Waals surface area contributed by atoms with Gasteiger partial charge in [-0.25, -0.2) is 4.79 Å². The number of hydrogen-bond donors (Lipinski definition) is 2. The monoisotopic (exact) mass is 287 g/mol. The average molecular weight is 288 g/mol. The van der Waals surface area contributed by atoms with Crippen LogP contribution in [0.1, 0.15) is 10.4 Å². The van der Waals surface area contributed by atoms with Gasteiger partial charge in [0.1, 0.15) is 23.8 Å². The van der Waals surface area contributed by atoms with Crippen LogP contribution in [0, 0.1) is 0 Å². The summed E-state index contributed by atoms with van der Waals surface area (Å²) in [5.41, 5.74) is 0.311. The van der Waals surface area contributed by atoms with Gasteiger partial charge in [0.15, 0.2) is 0 Å². The highest BCUT2D eigenvalue weighted by Gasteiger charge is 2.13. The molecule has 19 heavy (non-hydrogen) atoms. The molecule has 7 heteroatoms. The number of carbonyl (C=O) groups is 2. The lowest BCUT2D eigenvalue weighted by atomic mass is 10.1. The van der Waals surface area contributed by atoms with Gasteiger partial charge in [0.05, 0.1) is 6.61 Å². The second-order valence-electron chi connectivity index (χ2n) is 3.54. The van der Waals surface area contributed by atoms with Gasteiger partial charge in [0.25, 0.3) is 0 Å². The van der Waals surface area contributed by atoms with Crippen molar-refractivity contribution < 1.29 is 24.2 Å². The van der Waals surface area contributed by atoms with Gasteiger partial charge in [-0.15, -0.1) is 11.6 Å². The van der Waals surface area contributed by atoms with Gasteiger partial charge >= 0.3 is 5.97 Å². The van der Waals surface area contributed by atoms with E-state index in [1.165, 1.54) is 19.2 Å². The van der Waals surface area contributed by atoms with Crippen LogP contribution in [-0.2, 0) is 9.53 Å². The number of carboxylic acid groups (broad SMARTS) is 1. The molecule has 6 nitrogen and oxygen atoms in total. The first-order chi connectivity index (χ1) is 9.08. The Morgan fingerprint density at radius 1 is 1.37 bits per heavy atom. The molecule has 104 valence electrons. The molecular weight excluding hydrogens is 274 g/mol. The summed E-state index contributed by atoms with van der Waals surface area (Å²) in [6.07, 6.45) is 0. The third kappa shape index (κ3) is 4.76. The van der Waals surface area contributed by atoms with Gasteiger partial charge in [-0.2, -0.15) is 0 Å². The second-order valence-corrected chi connectivity index (χ2v) is 3.81. The maximum atomic E-state index is 11.1. The Hall–Kier alpha value is -1.79. The lowest BCUT2D eigenvalue weighted by Crippen LogP contribution is -2.14. The highest BCUT2D eigenvalue weighted by molar-refractivity contribution is 6.29. The Morgan fingerprint density at radius 2 is 2.11 bits per heavy atom. The number of alkyl halides is 1. The normalized spacial score (nSPS) is 10.0. The lowest BCUT2D eigenvalue weighted by molar-refractivity contribution is -0.113. The zero-order chi connectivity index (χ0) is 14.3. The Bertz CT molecular complexity index is 463. The Morgan fingerprint density at radius 3 is 2.68 bits per heavy atom. The molecule has 0 unspecified atom stereocenters. The summed E-state index contributed by atoms with van der Waals surface area (Å²) in [4.78, 5) is 22.2. The number of nitrogens with one attached hydrogen (secondary N) is 1. The third-order valence-electron chi connectivity index (χ3n) is 2.16. The van der Waals surface area contributed by atoms with Crippen LogP contribution in [0.5, 0.6) is 5.75 Å². The molecule has 0 heterocycles. The van der Waals surface area contributed by atoms with Crippen molar-refractivity contribution in [2.75, 3.05) is 31.5 Å². The number of rotatable bonds is 7. The summed E-state index contributed by atoms with van der Waals surface area (Å²) >= 11 is 5.35. The standard InChI is InChI=1S/C12H14ClNO5/c1-18-4-5-19-10-3-2-8(14-11(15)7-13)6-9(10)12(16)17/h2-3,6H,4-5,7H2,1H3,(H,14,15)(H,16,17). The van der Waals surface area contributed by atoms with Crippen LogP contribution in [0.25, 0.3) is 0 Å². The van der Waals surface area contributed by atoms with Crippen LogP contribution in [0.2, 0.25) is 0 Å². The Labute approximate surface area is 115 Å². The largest absolute Gasteiger partial charge is 0.490 e. The Balaban J connectivity index is 2.88. The summed E-state index contributed by atoms with van der Waals surface area (Å²) < 4.78 is 10.1. The van der Waals surface area contributed by atoms with E-state index in [9.17, 15) is 9.59 Å². The predicted molar refractivity (Wildman–Crippen MR) is 70.1 cm³/mol. The van der Waals surface area contributed by atoms with Crippen molar-refractivity contribution in [3.05, 3.63) is 23.8 Å². The van der Waals surface area contributed by atoms with Crippen LogP contribution in [0.4, 0.5) is 5.69 Å². The summed E-state index contributed by atoms with van der Waals surface area (Å²) in [5, 5.41) is 11.6. The number of methoxy groups -OCH3 is 1. The molecule has 1 rings (SSSR count). The highest BCUT2D eigenvalue weighted by Crippen LogP contribution is 2.23. The van der Waals surface area contributed by atoms with Crippen molar-refractivity contribution in [3.8, 4) is 5.75 Å². The van der Waals surface area contributed by atoms with Crippen molar-refractivity contribution in [1.29, 1.82) is 0 Å². The van der Waals surface area contributed by atoms with Gasteiger partial charge in [0.2, 0.25) is 5.91 Å². The molecule has 0 aliphatic rings. The number of aromatic carboxylic acids is 1. The van der Waals surface area contributed by atoms with Crippen LogP contribution < -0.4 is 10.1 Å². The summed E-state index contributed by atoms with van der Waals surface area (Å²) in [5.74, 6) is -1.54. The SMILES string of the molecule is COCCOc1ccc(NC(=O)CCl)cc1C(=O)O. The van der Waals surface area contributed by atoms with E-state index in [2.05, 4.69) is 5.32 Å². The number of carboxylic acids is 1. The number of carbonyl (C=O) groups excluding carboxylic acids is 1. The smallest absolute Gasteiger partial charge is 0.339 e. The zero-order valence-corrected chi connectivity index (χ0v) is 11.1. The van der Waals surface area contributed by atoms with E-state index in [0.717, 1.165) is 0 Å². The molecule has 0 fully saturated rings. The molecule has 2 N–H and O–H groups in total. The molecule has 1 amide bonds. The van der Waals surface area contributed by atoms with E-state index in [4.69, 9.17) is 26.2 Å². The fourth-order valence-corrected chi connectivity index (χ4v) is 1.40. The summed E-state index contributed by atoms with van der Waals surface area (Å²) in [6.45, 7) is 0.591. The molecule has 0 spiro atoms. The van der Waals surface area contributed by atoms with Crippen molar-refractivity contribution in [3.63, 3.8) is 0 Å². The topological polar surface area (TPSA) is 84.9 Å². The molecule has 0 saturated heterocycles. The van der Waals surface area contributed by atoms with E-state index in [1.54, 1.807) is 6.07 Å². The van der Waals surface area contributed by atoms with Crippen LogP contribution >= 0.6 is 11.6 Å². The predicted octanol–water partition coefficient (Wildman–Crippen LogP) is 1.59. The van der Waals surface area contributed by atoms with Crippen molar-refractivity contribution in [1.82, 2.24) is 0 Å². The number of ether oxygens (including phenoxy) is 2. The van der Waals surface area contributed by atoms with Gasteiger partial charge < -0.3 is 19.9 Å². The van der Waals surface area contributed by atoms with Gasteiger partial charge in [0, 0.05) is 12.8 Å². The lowest BCUT2D eigenvalue weighted by Gasteiger charge is -2.10. The van der Waals surface area contributed by atoms with Crippen molar-refractivity contribution in [2.45, 2.75) is 0 Å². The van der Waals surface area contributed by atoms with Crippen molar-refractivity contribution in [2.24, 2.45) is 0 Å². The molecule has 0 radical (unpaired) electrons. The molecule has 0 aliphatic carbocycles. The molecule has 0 atom stereocenters. The summed E-state index contributed by atoms with van der Waals surface area (Å²) in [6, 6.07) is 4.33. The second kappa shape index (κ2) is 7.60. The molecule has 1 aromatic carbocycles. The van der Waals surface area contributed by atoms with Crippen LogP contribution in [0.15, 0.2) is 18.2 Å². The number of anilines is 1. The van der Waals surface area contributed by atoms with E-state index in [-0.39, 0.29) is 23.8 Å².